The zero-order valence-corrected chi connectivity index (χ0v) is 12.2. The van der Waals surface area contributed by atoms with Crippen molar-refractivity contribution in [2.75, 3.05) is 0 Å². The van der Waals surface area contributed by atoms with Gasteiger partial charge in [0, 0.05) is 5.56 Å². The van der Waals surface area contributed by atoms with E-state index in [1.165, 1.54) is 30.3 Å². The van der Waals surface area contributed by atoms with Crippen molar-refractivity contribution in [3.8, 4) is 11.8 Å². The first-order valence-electron chi connectivity index (χ1n) is 5.47. The lowest BCUT2D eigenvalue weighted by Gasteiger charge is -2.11. The zero-order valence-electron chi connectivity index (χ0n) is 9.96. The minimum absolute atomic E-state index is 0.0878. The van der Waals surface area contributed by atoms with E-state index in [1.807, 2.05) is 6.07 Å². The molecule has 2 nitrogen and oxygen atoms in total. The van der Waals surface area contributed by atoms with Crippen LogP contribution >= 0.6 is 34.8 Å². The Balaban J connectivity index is 2.21. The molecule has 20 heavy (non-hydrogen) atoms. The number of benzene rings is 2. The van der Waals surface area contributed by atoms with Crippen molar-refractivity contribution in [2.24, 2.45) is 0 Å². The maximum Gasteiger partial charge on any atom is 0.157 e. The summed E-state index contributed by atoms with van der Waals surface area (Å²) in [6.45, 7) is 0.0878. The van der Waals surface area contributed by atoms with E-state index in [1.54, 1.807) is 0 Å². The lowest BCUT2D eigenvalue weighted by atomic mass is 10.2. The highest BCUT2D eigenvalue weighted by atomic mass is 35.5. The first-order valence-corrected chi connectivity index (χ1v) is 6.60. The summed E-state index contributed by atoms with van der Waals surface area (Å²) >= 11 is 17.9. The number of halogens is 4. The Kier molecular flexibility index (Phi) is 4.72. The van der Waals surface area contributed by atoms with E-state index in [0.29, 0.717) is 11.1 Å². The number of nitriles is 1. The van der Waals surface area contributed by atoms with Crippen molar-refractivity contribution < 1.29 is 9.13 Å². The van der Waals surface area contributed by atoms with Gasteiger partial charge < -0.3 is 4.74 Å². The summed E-state index contributed by atoms with van der Waals surface area (Å²) in [7, 11) is 0. The van der Waals surface area contributed by atoms with Gasteiger partial charge in [0.1, 0.15) is 12.4 Å². The van der Waals surface area contributed by atoms with Crippen LogP contribution in [-0.2, 0) is 6.61 Å². The highest BCUT2D eigenvalue weighted by Crippen LogP contribution is 2.35. The minimum Gasteiger partial charge on any atom is -0.486 e. The summed E-state index contributed by atoms with van der Waals surface area (Å²) in [5.74, 6) is -0.166. The van der Waals surface area contributed by atoms with Crippen LogP contribution in [-0.4, -0.2) is 0 Å². The maximum absolute atomic E-state index is 12.9. The Hall–Kier alpha value is -1.47. The van der Waals surface area contributed by atoms with Crippen LogP contribution in [0.3, 0.4) is 0 Å². The second kappa shape index (κ2) is 6.32. The molecule has 0 amide bonds. The van der Waals surface area contributed by atoms with E-state index in [0.717, 1.165) is 0 Å². The molecule has 0 aliphatic rings. The third kappa shape index (κ3) is 3.34. The van der Waals surface area contributed by atoms with Gasteiger partial charge in [-0.2, -0.15) is 5.26 Å². The van der Waals surface area contributed by atoms with Gasteiger partial charge in [0.25, 0.3) is 0 Å². The number of hydrogen-bond donors (Lipinski definition) is 0. The number of ether oxygens (including phenoxy) is 1. The van der Waals surface area contributed by atoms with Crippen LogP contribution in [0.1, 0.15) is 11.1 Å². The van der Waals surface area contributed by atoms with Crippen molar-refractivity contribution in [1.82, 2.24) is 0 Å². The van der Waals surface area contributed by atoms with Crippen LogP contribution in [0, 0.1) is 17.1 Å². The van der Waals surface area contributed by atoms with E-state index >= 15 is 0 Å². The number of rotatable bonds is 3. The third-order valence-electron chi connectivity index (χ3n) is 2.51. The van der Waals surface area contributed by atoms with Crippen LogP contribution in [0.25, 0.3) is 0 Å². The lowest BCUT2D eigenvalue weighted by molar-refractivity contribution is 0.306. The molecule has 2 aromatic rings. The quantitative estimate of drug-likeness (QED) is 0.771. The fourth-order valence-electron chi connectivity index (χ4n) is 1.55. The fraction of sp³-hybridized carbons (Fsp3) is 0.0714. The summed E-state index contributed by atoms with van der Waals surface area (Å²) in [6.07, 6.45) is 0. The summed E-state index contributed by atoms with van der Waals surface area (Å²) < 4.78 is 18.4. The predicted octanol–water partition coefficient (Wildman–Crippen LogP) is 5.24. The smallest absolute Gasteiger partial charge is 0.157 e. The summed E-state index contributed by atoms with van der Waals surface area (Å²) in [6, 6.07) is 8.84. The predicted molar refractivity (Wildman–Crippen MR) is 76.9 cm³/mol. The third-order valence-corrected chi connectivity index (χ3v) is 3.43. The highest BCUT2D eigenvalue weighted by molar-refractivity contribution is 6.37. The molecule has 0 saturated carbocycles. The first kappa shape index (κ1) is 14.9. The van der Waals surface area contributed by atoms with Crippen molar-refractivity contribution in [3.05, 3.63) is 62.3 Å². The van der Waals surface area contributed by atoms with Gasteiger partial charge in [-0.1, -0.05) is 40.9 Å². The van der Waals surface area contributed by atoms with E-state index < -0.39 is 5.82 Å². The maximum atomic E-state index is 12.9. The van der Waals surface area contributed by atoms with Crippen LogP contribution < -0.4 is 4.74 Å². The molecule has 0 aliphatic heterocycles. The molecule has 0 bridgehead atoms. The summed E-state index contributed by atoms with van der Waals surface area (Å²) in [4.78, 5) is 0. The Labute approximate surface area is 130 Å². The average Bonchev–Trinajstić information content (AvgIpc) is 2.39. The van der Waals surface area contributed by atoms with Gasteiger partial charge in [-0.15, -0.1) is 0 Å². The Bertz CT molecular complexity index is 674. The molecule has 0 fully saturated rings. The Morgan fingerprint density at radius 3 is 2.25 bits per heavy atom. The Morgan fingerprint density at radius 2 is 1.70 bits per heavy atom. The molecule has 0 aliphatic carbocycles. The molecule has 0 aromatic heterocycles. The normalized spacial score (nSPS) is 10.2. The van der Waals surface area contributed by atoms with Gasteiger partial charge >= 0.3 is 0 Å². The van der Waals surface area contributed by atoms with Crippen LogP contribution in [0.4, 0.5) is 4.39 Å². The first-order chi connectivity index (χ1) is 9.51. The largest absolute Gasteiger partial charge is 0.486 e. The standard InChI is InChI=1S/C14H7Cl3FNO/c15-11-5-10(18)2-1-9(11)7-20-14-12(16)3-8(6-19)4-13(14)17/h1-5H,7H2. The molecule has 102 valence electrons. The van der Waals surface area contributed by atoms with Gasteiger partial charge in [-0.3, -0.25) is 0 Å². The Morgan fingerprint density at radius 1 is 1.05 bits per heavy atom. The molecule has 0 N–H and O–H groups in total. The molecular weight excluding hydrogens is 324 g/mol. The molecule has 0 atom stereocenters. The van der Waals surface area contributed by atoms with E-state index in [-0.39, 0.29) is 27.4 Å². The number of nitrogens with zero attached hydrogens (tertiary/aromatic N) is 1. The van der Waals surface area contributed by atoms with Gasteiger partial charge in [0.15, 0.2) is 5.75 Å². The van der Waals surface area contributed by atoms with Crippen molar-refractivity contribution in [1.29, 1.82) is 5.26 Å². The van der Waals surface area contributed by atoms with Crippen LogP contribution in [0.5, 0.6) is 5.75 Å². The number of hydrogen-bond acceptors (Lipinski definition) is 2. The SMILES string of the molecule is N#Cc1cc(Cl)c(OCc2ccc(F)cc2Cl)c(Cl)c1. The van der Waals surface area contributed by atoms with Gasteiger partial charge in [-0.25, -0.2) is 4.39 Å². The highest BCUT2D eigenvalue weighted by Gasteiger charge is 2.11. The molecule has 0 saturated heterocycles. The molecular formula is C14H7Cl3FNO. The molecule has 2 aromatic carbocycles. The van der Waals surface area contributed by atoms with Crippen molar-refractivity contribution in [3.63, 3.8) is 0 Å². The van der Waals surface area contributed by atoms with Gasteiger partial charge in [0.2, 0.25) is 0 Å². The van der Waals surface area contributed by atoms with Crippen molar-refractivity contribution >= 4 is 34.8 Å². The molecule has 0 radical (unpaired) electrons. The molecule has 6 heteroatoms. The van der Waals surface area contributed by atoms with Crippen LogP contribution in [0.2, 0.25) is 15.1 Å². The topological polar surface area (TPSA) is 33.0 Å². The molecule has 0 unspecified atom stereocenters. The van der Waals surface area contributed by atoms with E-state index in [9.17, 15) is 4.39 Å². The van der Waals surface area contributed by atoms with E-state index in [2.05, 4.69) is 0 Å². The molecule has 0 heterocycles. The van der Waals surface area contributed by atoms with Crippen LogP contribution in [0.15, 0.2) is 30.3 Å². The summed E-state index contributed by atoms with van der Waals surface area (Å²) in [5, 5.41) is 9.50. The lowest BCUT2D eigenvalue weighted by Crippen LogP contribution is -1.98. The monoisotopic (exact) mass is 329 g/mol. The average molecular weight is 331 g/mol. The second-order valence-electron chi connectivity index (χ2n) is 3.91. The minimum atomic E-state index is -0.423. The van der Waals surface area contributed by atoms with Crippen molar-refractivity contribution in [2.45, 2.75) is 6.61 Å². The second-order valence-corrected chi connectivity index (χ2v) is 5.13. The zero-order chi connectivity index (χ0) is 14.7. The summed E-state index contributed by atoms with van der Waals surface area (Å²) in [5.41, 5.74) is 0.941. The molecule has 0 spiro atoms. The van der Waals surface area contributed by atoms with Gasteiger partial charge in [0.05, 0.1) is 26.7 Å². The fourth-order valence-corrected chi connectivity index (χ4v) is 2.37. The van der Waals surface area contributed by atoms with Gasteiger partial charge in [-0.05, 0) is 24.3 Å². The van der Waals surface area contributed by atoms with E-state index in [4.69, 9.17) is 44.8 Å². The molecule has 2 rings (SSSR count).